The third kappa shape index (κ3) is 63.8. The van der Waals surface area contributed by atoms with Gasteiger partial charge in [-0.15, -0.1) is 0 Å². The molecule has 0 bridgehead atoms. The van der Waals surface area contributed by atoms with Gasteiger partial charge in [0.1, 0.15) is 13.2 Å². The molecule has 0 aliphatic heterocycles. The molecule has 0 radical (unpaired) electrons. The number of rotatable bonds is 62. The zero-order chi connectivity index (χ0) is 55.7. The van der Waals surface area contributed by atoms with Crippen LogP contribution in [0.25, 0.3) is 0 Å². The van der Waals surface area contributed by atoms with Crippen molar-refractivity contribution in [3.05, 3.63) is 60.8 Å². The molecule has 1 atom stereocenters. The second kappa shape index (κ2) is 65.6. The standard InChI is InChI=1S/C71H128O6/c1-4-7-10-13-16-19-22-25-28-31-33-35-37-40-43-46-49-52-55-58-61-64-70(73)76-67-68(66-75-69(72)63-60-57-54-51-48-45-42-39-30-27-24-21-18-15-12-9-6-3)77-71(74)65-62-59-56-53-50-47-44-41-38-36-34-32-29-26-23-20-17-14-11-8-5-2/h9,12,18,21,27,30,42,45,51,54,68H,4-8,10-11,13-17,19-20,22-26,28-29,31-41,43-44,46-50,52-53,55-67H2,1-3H3/b12-9-,21-18-,30-27-,45-42-,54-51-. The number of esters is 3. The predicted molar refractivity (Wildman–Crippen MR) is 335 cm³/mol. The first kappa shape index (κ1) is 74.1. The molecular weight excluding hydrogens is 949 g/mol. The van der Waals surface area contributed by atoms with E-state index in [-0.39, 0.29) is 37.5 Å². The minimum atomic E-state index is -0.795. The van der Waals surface area contributed by atoms with Crippen LogP contribution in [0.1, 0.15) is 355 Å². The van der Waals surface area contributed by atoms with Crippen LogP contribution in [0, 0.1) is 0 Å². The van der Waals surface area contributed by atoms with Crippen LogP contribution in [0.4, 0.5) is 0 Å². The monoisotopic (exact) mass is 1080 g/mol. The summed E-state index contributed by atoms with van der Waals surface area (Å²) in [6, 6.07) is 0. The Bertz CT molecular complexity index is 1380. The molecule has 0 amide bonds. The van der Waals surface area contributed by atoms with Gasteiger partial charge < -0.3 is 14.2 Å². The first-order chi connectivity index (χ1) is 38.0. The van der Waals surface area contributed by atoms with Gasteiger partial charge in [0.15, 0.2) is 6.10 Å². The molecule has 0 fully saturated rings. The van der Waals surface area contributed by atoms with Crippen molar-refractivity contribution in [3.63, 3.8) is 0 Å². The highest BCUT2D eigenvalue weighted by Crippen LogP contribution is 2.18. The summed E-state index contributed by atoms with van der Waals surface area (Å²) in [4.78, 5) is 38.4. The molecule has 0 heterocycles. The maximum atomic E-state index is 12.9. The van der Waals surface area contributed by atoms with E-state index in [9.17, 15) is 14.4 Å². The van der Waals surface area contributed by atoms with Crippen LogP contribution < -0.4 is 0 Å². The van der Waals surface area contributed by atoms with Crippen LogP contribution in [0.15, 0.2) is 60.8 Å². The molecule has 1 unspecified atom stereocenters. The number of carbonyl (C=O) groups excluding carboxylic acids is 3. The summed E-state index contributed by atoms with van der Waals surface area (Å²) >= 11 is 0. The van der Waals surface area contributed by atoms with Crippen molar-refractivity contribution in [1.82, 2.24) is 0 Å². The van der Waals surface area contributed by atoms with Gasteiger partial charge >= 0.3 is 17.9 Å². The Balaban J connectivity index is 4.37. The van der Waals surface area contributed by atoms with Gasteiger partial charge in [-0.1, -0.05) is 338 Å². The largest absolute Gasteiger partial charge is 0.462 e. The van der Waals surface area contributed by atoms with Gasteiger partial charge in [0.05, 0.1) is 0 Å². The van der Waals surface area contributed by atoms with E-state index in [1.807, 2.05) is 0 Å². The average Bonchev–Trinajstić information content (AvgIpc) is 3.43. The number of hydrogen-bond acceptors (Lipinski definition) is 6. The lowest BCUT2D eigenvalue weighted by Gasteiger charge is -2.18. The SMILES string of the molecule is CC/C=C\C/C=C\C/C=C\C/C=C\C/C=C\CCCC(=O)OCC(COC(=O)CCCCCCCCCCCCCCCCCCCCCCC)OC(=O)CCCCCCCCCCCCCCCCCCCCCCC. The van der Waals surface area contributed by atoms with Gasteiger partial charge in [-0.25, -0.2) is 0 Å². The van der Waals surface area contributed by atoms with Gasteiger partial charge in [0.25, 0.3) is 0 Å². The number of allylic oxidation sites excluding steroid dienone is 10. The number of unbranched alkanes of at least 4 members (excludes halogenated alkanes) is 41. The molecule has 0 N–H and O–H groups in total. The van der Waals surface area contributed by atoms with Gasteiger partial charge in [-0.3, -0.25) is 14.4 Å². The highest BCUT2D eigenvalue weighted by molar-refractivity contribution is 5.71. The molecule has 0 saturated carbocycles. The van der Waals surface area contributed by atoms with Gasteiger partial charge in [-0.05, 0) is 57.8 Å². The fraction of sp³-hybridized carbons (Fsp3) is 0.817. The van der Waals surface area contributed by atoms with E-state index in [1.165, 1.54) is 231 Å². The topological polar surface area (TPSA) is 78.9 Å². The Morgan fingerprint density at radius 3 is 0.792 bits per heavy atom. The smallest absolute Gasteiger partial charge is 0.306 e. The van der Waals surface area contributed by atoms with Crippen LogP contribution in [0.5, 0.6) is 0 Å². The van der Waals surface area contributed by atoms with E-state index in [0.29, 0.717) is 19.3 Å². The minimum absolute atomic E-state index is 0.0869. The zero-order valence-corrected chi connectivity index (χ0v) is 51.5. The van der Waals surface area contributed by atoms with Crippen molar-refractivity contribution in [2.75, 3.05) is 13.2 Å². The van der Waals surface area contributed by atoms with Gasteiger partial charge in [0.2, 0.25) is 0 Å². The highest BCUT2D eigenvalue weighted by Gasteiger charge is 2.19. The molecule has 0 rings (SSSR count). The van der Waals surface area contributed by atoms with Crippen molar-refractivity contribution in [3.8, 4) is 0 Å². The molecule has 0 spiro atoms. The van der Waals surface area contributed by atoms with Crippen molar-refractivity contribution >= 4 is 17.9 Å². The highest BCUT2D eigenvalue weighted by atomic mass is 16.6. The van der Waals surface area contributed by atoms with Crippen LogP contribution in [0.3, 0.4) is 0 Å². The Morgan fingerprint density at radius 2 is 0.506 bits per heavy atom. The first-order valence-corrected chi connectivity index (χ1v) is 33.8. The molecule has 77 heavy (non-hydrogen) atoms. The Morgan fingerprint density at radius 1 is 0.273 bits per heavy atom. The minimum Gasteiger partial charge on any atom is -0.462 e. The quantitative estimate of drug-likeness (QED) is 0.0261. The number of ether oxygens (including phenoxy) is 3. The van der Waals surface area contributed by atoms with Crippen LogP contribution >= 0.6 is 0 Å². The molecular formula is C71H128O6. The summed E-state index contributed by atoms with van der Waals surface area (Å²) in [5.41, 5.74) is 0. The van der Waals surface area contributed by atoms with E-state index < -0.39 is 6.10 Å². The summed E-state index contributed by atoms with van der Waals surface area (Å²) in [5.74, 6) is -0.923. The number of hydrogen-bond donors (Lipinski definition) is 0. The van der Waals surface area contributed by atoms with Crippen LogP contribution in [0.2, 0.25) is 0 Å². The van der Waals surface area contributed by atoms with E-state index in [4.69, 9.17) is 14.2 Å². The molecule has 0 aromatic rings. The van der Waals surface area contributed by atoms with Gasteiger partial charge in [0, 0.05) is 19.3 Å². The fourth-order valence-electron chi connectivity index (χ4n) is 10.0. The maximum absolute atomic E-state index is 12.9. The van der Waals surface area contributed by atoms with Crippen LogP contribution in [-0.4, -0.2) is 37.2 Å². The summed E-state index contributed by atoms with van der Waals surface area (Å²) in [7, 11) is 0. The van der Waals surface area contributed by atoms with E-state index in [1.54, 1.807) is 0 Å². The molecule has 0 aromatic heterocycles. The lowest BCUT2D eigenvalue weighted by molar-refractivity contribution is -0.167. The fourth-order valence-corrected chi connectivity index (χ4v) is 10.0. The van der Waals surface area contributed by atoms with E-state index in [2.05, 4.69) is 81.5 Å². The molecule has 448 valence electrons. The van der Waals surface area contributed by atoms with Crippen molar-refractivity contribution < 1.29 is 28.6 Å². The molecule has 6 nitrogen and oxygen atoms in total. The van der Waals surface area contributed by atoms with E-state index >= 15 is 0 Å². The number of carbonyl (C=O) groups is 3. The Kier molecular flexibility index (Phi) is 63.2. The Labute approximate surface area is 479 Å². The molecule has 6 heteroatoms. The zero-order valence-electron chi connectivity index (χ0n) is 51.5. The second-order valence-corrected chi connectivity index (χ2v) is 22.7. The third-order valence-electron chi connectivity index (χ3n) is 15.0. The summed E-state index contributed by atoms with van der Waals surface area (Å²) in [5, 5.41) is 0. The summed E-state index contributed by atoms with van der Waals surface area (Å²) in [6.45, 7) is 6.55. The molecule has 0 aromatic carbocycles. The van der Waals surface area contributed by atoms with E-state index in [0.717, 1.165) is 77.0 Å². The molecule has 0 saturated heterocycles. The lowest BCUT2D eigenvalue weighted by Crippen LogP contribution is -2.30. The first-order valence-electron chi connectivity index (χ1n) is 33.8. The molecule has 0 aliphatic rings. The summed E-state index contributed by atoms with van der Waals surface area (Å²) < 4.78 is 16.9. The predicted octanol–water partition coefficient (Wildman–Crippen LogP) is 23.1. The second-order valence-electron chi connectivity index (χ2n) is 22.7. The lowest BCUT2D eigenvalue weighted by atomic mass is 10.0. The third-order valence-corrected chi connectivity index (χ3v) is 15.0. The van der Waals surface area contributed by atoms with Crippen molar-refractivity contribution in [1.29, 1.82) is 0 Å². The maximum Gasteiger partial charge on any atom is 0.306 e. The van der Waals surface area contributed by atoms with Crippen LogP contribution in [-0.2, 0) is 28.6 Å². The summed E-state index contributed by atoms with van der Waals surface area (Å²) in [6.07, 6.45) is 83.9. The molecule has 0 aliphatic carbocycles. The van der Waals surface area contributed by atoms with Crippen molar-refractivity contribution in [2.24, 2.45) is 0 Å². The normalized spacial score (nSPS) is 12.4. The van der Waals surface area contributed by atoms with Gasteiger partial charge in [-0.2, -0.15) is 0 Å². The van der Waals surface area contributed by atoms with Crippen molar-refractivity contribution in [2.45, 2.75) is 361 Å². The average molecular weight is 1080 g/mol. The Hall–Kier alpha value is -2.89.